The summed E-state index contributed by atoms with van der Waals surface area (Å²) in [6.07, 6.45) is 0. The van der Waals surface area contributed by atoms with Crippen LogP contribution in [-0.2, 0) is 4.79 Å². The molecule has 0 saturated heterocycles. The Morgan fingerprint density at radius 3 is 2.69 bits per heavy atom. The van der Waals surface area contributed by atoms with Crippen LogP contribution in [0, 0.1) is 0 Å². The van der Waals surface area contributed by atoms with Crippen molar-refractivity contribution < 1.29 is 9.90 Å². The van der Waals surface area contributed by atoms with Gasteiger partial charge in [-0.25, -0.2) is 0 Å². The molecule has 0 aromatic carbocycles. The largest absolute Gasteiger partial charge is 0.480 e. The second-order valence-electron chi connectivity index (χ2n) is 2.23. The highest BCUT2D eigenvalue weighted by molar-refractivity contribution is 6.32. The Bertz CT molecular complexity index is 345. The summed E-state index contributed by atoms with van der Waals surface area (Å²) < 4.78 is 0. The van der Waals surface area contributed by atoms with Crippen molar-refractivity contribution in [3.05, 3.63) is 21.9 Å². The van der Waals surface area contributed by atoms with Crippen LogP contribution in [0.25, 0.3) is 0 Å². The van der Waals surface area contributed by atoms with E-state index in [9.17, 15) is 4.79 Å². The summed E-state index contributed by atoms with van der Waals surface area (Å²) in [6.45, 7) is 0. The Morgan fingerprint density at radius 1 is 1.54 bits per heavy atom. The lowest BCUT2D eigenvalue weighted by molar-refractivity contribution is -0.138. The van der Waals surface area contributed by atoms with E-state index in [0.29, 0.717) is 0 Å². The zero-order chi connectivity index (χ0) is 10.0. The van der Waals surface area contributed by atoms with Gasteiger partial charge in [-0.2, -0.15) is 0 Å². The summed E-state index contributed by atoms with van der Waals surface area (Å²) in [7, 11) is 0. The van der Waals surface area contributed by atoms with Crippen LogP contribution in [0.2, 0.25) is 10.3 Å². The molecule has 0 saturated carbocycles. The summed E-state index contributed by atoms with van der Waals surface area (Å²) in [6, 6.07) is 0.0378. The number of nitrogens with two attached hydrogens (primary N) is 1. The lowest BCUT2D eigenvalue weighted by atomic mass is 10.1. The highest BCUT2D eigenvalue weighted by Gasteiger charge is 2.19. The summed E-state index contributed by atoms with van der Waals surface area (Å²) >= 11 is 11.0. The zero-order valence-electron chi connectivity index (χ0n) is 6.24. The van der Waals surface area contributed by atoms with Crippen molar-refractivity contribution in [2.75, 3.05) is 0 Å². The number of halogens is 2. The van der Waals surface area contributed by atoms with Gasteiger partial charge in [-0.05, 0) is 6.07 Å². The standard InChI is InChI=1S/C6H5Cl2N3O2/c7-3-1-2(4(9)6(12)13)5(8)11-10-3/h1,4H,9H2,(H,12,13). The van der Waals surface area contributed by atoms with Crippen LogP contribution in [0.15, 0.2) is 6.07 Å². The van der Waals surface area contributed by atoms with Crippen LogP contribution >= 0.6 is 23.2 Å². The molecule has 5 nitrogen and oxygen atoms in total. The second kappa shape index (κ2) is 3.87. The topological polar surface area (TPSA) is 89.1 Å². The quantitative estimate of drug-likeness (QED) is 0.774. The zero-order valence-corrected chi connectivity index (χ0v) is 7.75. The van der Waals surface area contributed by atoms with Crippen molar-refractivity contribution in [1.29, 1.82) is 0 Å². The molecule has 0 aliphatic carbocycles. The first kappa shape index (κ1) is 10.2. The fraction of sp³-hybridized carbons (Fsp3) is 0.167. The number of rotatable bonds is 2. The van der Waals surface area contributed by atoms with Gasteiger partial charge < -0.3 is 10.8 Å². The van der Waals surface area contributed by atoms with E-state index in [0.717, 1.165) is 0 Å². The van der Waals surface area contributed by atoms with Gasteiger partial charge in [0.1, 0.15) is 6.04 Å². The second-order valence-corrected chi connectivity index (χ2v) is 2.97. The Morgan fingerprint density at radius 2 is 2.15 bits per heavy atom. The maximum atomic E-state index is 10.5. The molecule has 0 aliphatic heterocycles. The first-order valence-corrected chi connectivity index (χ1v) is 3.95. The molecule has 1 rings (SSSR count). The van der Waals surface area contributed by atoms with Crippen molar-refractivity contribution in [1.82, 2.24) is 10.2 Å². The first-order valence-electron chi connectivity index (χ1n) is 3.19. The molecule has 1 heterocycles. The van der Waals surface area contributed by atoms with Crippen molar-refractivity contribution in [3.8, 4) is 0 Å². The maximum Gasteiger partial charge on any atom is 0.325 e. The SMILES string of the molecule is NC(C(=O)O)c1cc(Cl)nnc1Cl. The van der Waals surface area contributed by atoms with Gasteiger partial charge in [0.05, 0.1) is 0 Å². The number of aliphatic carboxylic acids is 1. The minimum atomic E-state index is -1.24. The van der Waals surface area contributed by atoms with E-state index in [2.05, 4.69) is 10.2 Å². The van der Waals surface area contributed by atoms with Crippen LogP contribution in [0.4, 0.5) is 0 Å². The van der Waals surface area contributed by atoms with Gasteiger partial charge >= 0.3 is 5.97 Å². The highest BCUT2D eigenvalue weighted by Crippen LogP contribution is 2.20. The molecule has 1 atom stereocenters. The van der Waals surface area contributed by atoms with E-state index in [1.165, 1.54) is 6.07 Å². The predicted molar refractivity (Wildman–Crippen MR) is 46.6 cm³/mol. The van der Waals surface area contributed by atoms with Gasteiger partial charge in [-0.15, -0.1) is 10.2 Å². The number of aromatic nitrogens is 2. The smallest absolute Gasteiger partial charge is 0.325 e. The minimum absolute atomic E-state index is 0.0519. The number of hydrogen-bond acceptors (Lipinski definition) is 4. The van der Waals surface area contributed by atoms with Gasteiger partial charge in [-0.1, -0.05) is 23.2 Å². The number of nitrogens with zero attached hydrogens (tertiary/aromatic N) is 2. The van der Waals surface area contributed by atoms with Crippen molar-refractivity contribution in [2.24, 2.45) is 5.73 Å². The van der Waals surface area contributed by atoms with E-state index < -0.39 is 12.0 Å². The molecule has 1 aromatic rings. The third-order valence-electron chi connectivity index (χ3n) is 1.35. The highest BCUT2D eigenvalue weighted by atomic mass is 35.5. The molecule has 7 heteroatoms. The van der Waals surface area contributed by atoms with E-state index in [-0.39, 0.29) is 15.9 Å². The Hall–Kier alpha value is -0.910. The van der Waals surface area contributed by atoms with E-state index >= 15 is 0 Å². The first-order chi connectivity index (χ1) is 6.02. The summed E-state index contributed by atoms with van der Waals surface area (Å²) in [4.78, 5) is 10.5. The van der Waals surface area contributed by atoms with Gasteiger partial charge in [0.15, 0.2) is 10.3 Å². The normalized spacial score (nSPS) is 12.5. The summed E-state index contributed by atoms with van der Waals surface area (Å²) in [5.74, 6) is -1.20. The van der Waals surface area contributed by atoms with Gasteiger partial charge in [0, 0.05) is 5.56 Å². The average Bonchev–Trinajstić information content (AvgIpc) is 2.08. The molecule has 0 radical (unpaired) electrons. The lowest BCUT2D eigenvalue weighted by Crippen LogP contribution is -2.21. The summed E-state index contributed by atoms with van der Waals surface area (Å²) in [5, 5.41) is 15.4. The average molecular weight is 222 g/mol. The van der Waals surface area contributed by atoms with Crippen molar-refractivity contribution >= 4 is 29.2 Å². The van der Waals surface area contributed by atoms with E-state index in [1.54, 1.807) is 0 Å². The van der Waals surface area contributed by atoms with Crippen molar-refractivity contribution in [3.63, 3.8) is 0 Å². The molecule has 1 unspecified atom stereocenters. The molecule has 0 bridgehead atoms. The van der Waals surface area contributed by atoms with Crippen LogP contribution in [-0.4, -0.2) is 21.3 Å². The van der Waals surface area contributed by atoms with Gasteiger partial charge in [0.25, 0.3) is 0 Å². The molecule has 0 amide bonds. The molecule has 0 fully saturated rings. The summed E-state index contributed by atoms with van der Waals surface area (Å²) in [5.41, 5.74) is 5.44. The van der Waals surface area contributed by atoms with Crippen LogP contribution in [0.5, 0.6) is 0 Å². The molecular formula is C6H5Cl2N3O2. The minimum Gasteiger partial charge on any atom is -0.480 e. The number of carboxylic acid groups (broad SMARTS) is 1. The maximum absolute atomic E-state index is 10.5. The fourth-order valence-electron chi connectivity index (χ4n) is 0.717. The monoisotopic (exact) mass is 221 g/mol. The molecule has 3 N–H and O–H groups in total. The van der Waals surface area contributed by atoms with E-state index in [1.807, 2.05) is 0 Å². The number of hydrogen-bond donors (Lipinski definition) is 2. The Balaban J connectivity index is 3.12. The molecule has 0 aliphatic rings. The van der Waals surface area contributed by atoms with Gasteiger partial charge in [-0.3, -0.25) is 4.79 Å². The van der Waals surface area contributed by atoms with Crippen LogP contribution in [0.3, 0.4) is 0 Å². The third-order valence-corrected chi connectivity index (χ3v) is 1.83. The van der Waals surface area contributed by atoms with Crippen LogP contribution in [0.1, 0.15) is 11.6 Å². The van der Waals surface area contributed by atoms with Gasteiger partial charge in [0.2, 0.25) is 0 Å². The third kappa shape index (κ3) is 2.27. The van der Waals surface area contributed by atoms with Crippen LogP contribution < -0.4 is 5.73 Å². The molecule has 13 heavy (non-hydrogen) atoms. The number of carboxylic acids is 1. The fourth-order valence-corrected chi connectivity index (χ4v) is 1.08. The molecule has 0 spiro atoms. The number of carbonyl (C=O) groups is 1. The molecular weight excluding hydrogens is 217 g/mol. The predicted octanol–water partition coefficient (Wildman–Crippen LogP) is 0.868. The molecule has 1 aromatic heterocycles. The van der Waals surface area contributed by atoms with E-state index in [4.69, 9.17) is 34.0 Å². The Labute approximate surface area is 83.5 Å². The molecule has 70 valence electrons. The Kier molecular flexibility index (Phi) is 3.02. The lowest BCUT2D eigenvalue weighted by Gasteiger charge is -2.06. The van der Waals surface area contributed by atoms with Crippen molar-refractivity contribution in [2.45, 2.75) is 6.04 Å².